The van der Waals surface area contributed by atoms with Crippen LogP contribution in [0.15, 0.2) is 29.6 Å². The number of hydrogen-bond acceptors (Lipinski definition) is 5. The molecule has 3 rings (SSSR count). The molecule has 120 valence electrons. The number of carboxylic acids is 1. The summed E-state index contributed by atoms with van der Waals surface area (Å²) in [6, 6.07) is 6.20. The van der Waals surface area contributed by atoms with Crippen LogP contribution < -0.4 is 0 Å². The van der Waals surface area contributed by atoms with E-state index in [1.54, 1.807) is 23.6 Å². The van der Waals surface area contributed by atoms with Crippen molar-refractivity contribution in [1.29, 1.82) is 0 Å². The van der Waals surface area contributed by atoms with E-state index < -0.39 is 17.9 Å². The van der Waals surface area contributed by atoms with Crippen molar-refractivity contribution in [2.24, 2.45) is 0 Å². The second-order valence-corrected chi connectivity index (χ2v) is 5.82. The molecular formula is C15H13FN2O4S. The summed E-state index contributed by atoms with van der Waals surface area (Å²) in [6.45, 7) is 0.433. The number of carbonyl (C=O) groups is 2. The lowest BCUT2D eigenvalue weighted by molar-refractivity contribution is -0.154. The number of halogens is 1. The largest absolute Gasteiger partial charge is 0.479 e. The predicted octanol–water partition coefficient (Wildman–Crippen LogP) is 1.87. The van der Waals surface area contributed by atoms with E-state index in [4.69, 9.17) is 9.84 Å². The molecule has 0 radical (unpaired) electrons. The third-order valence-corrected chi connectivity index (χ3v) is 4.33. The maximum absolute atomic E-state index is 13.8. The highest BCUT2D eigenvalue weighted by molar-refractivity contribution is 7.13. The summed E-state index contributed by atoms with van der Waals surface area (Å²) in [5, 5.41) is 10.9. The number of thiazole rings is 1. The molecule has 1 aliphatic rings. The van der Waals surface area contributed by atoms with Gasteiger partial charge in [0.05, 0.1) is 13.2 Å². The second-order valence-electron chi connectivity index (χ2n) is 4.97. The maximum Gasteiger partial charge on any atom is 0.334 e. The molecule has 1 aromatic carbocycles. The molecule has 8 heteroatoms. The van der Waals surface area contributed by atoms with Gasteiger partial charge in [-0.2, -0.15) is 0 Å². The lowest BCUT2D eigenvalue weighted by atomic mass is 10.2. The van der Waals surface area contributed by atoms with Crippen LogP contribution in [0.5, 0.6) is 0 Å². The number of hydrogen-bond donors (Lipinski definition) is 1. The Hall–Kier alpha value is -2.32. The van der Waals surface area contributed by atoms with Crippen LogP contribution in [0, 0.1) is 5.82 Å². The molecule has 0 bridgehead atoms. The predicted molar refractivity (Wildman–Crippen MR) is 80.8 cm³/mol. The van der Waals surface area contributed by atoms with Crippen LogP contribution in [0.25, 0.3) is 10.6 Å². The van der Waals surface area contributed by atoms with Gasteiger partial charge in [0.2, 0.25) is 0 Å². The number of ether oxygens (including phenoxy) is 1. The molecule has 1 saturated heterocycles. The Labute approximate surface area is 135 Å². The Kier molecular flexibility index (Phi) is 4.35. The van der Waals surface area contributed by atoms with E-state index in [2.05, 4.69) is 4.98 Å². The van der Waals surface area contributed by atoms with Crippen molar-refractivity contribution in [3.8, 4) is 10.6 Å². The van der Waals surface area contributed by atoms with E-state index in [0.717, 1.165) is 0 Å². The van der Waals surface area contributed by atoms with Crippen molar-refractivity contribution in [3.63, 3.8) is 0 Å². The van der Waals surface area contributed by atoms with E-state index in [1.165, 1.54) is 22.3 Å². The Morgan fingerprint density at radius 1 is 1.39 bits per heavy atom. The van der Waals surface area contributed by atoms with E-state index in [9.17, 15) is 14.0 Å². The number of amides is 1. The van der Waals surface area contributed by atoms with Gasteiger partial charge in [-0.05, 0) is 12.1 Å². The Bertz CT molecular complexity index is 749. The average molecular weight is 336 g/mol. The highest BCUT2D eigenvalue weighted by Crippen LogP contribution is 2.26. The van der Waals surface area contributed by atoms with Gasteiger partial charge in [-0.1, -0.05) is 12.1 Å². The normalized spacial score (nSPS) is 18.0. The number of nitrogens with zero attached hydrogens (tertiary/aromatic N) is 2. The topological polar surface area (TPSA) is 79.7 Å². The number of aromatic nitrogens is 1. The van der Waals surface area contributed by atoms with Crippen molar-refractivity contribution in [2.75, 3.05) is 19.7 Å². The summed E-state index contributed by atoms with van der Waals surface area (Å²) in [6.07, 6.45) is -1.03. The first-order valence-corrected chi connectivity index (χ1v) is 7.78. The monoisotopic (exact) mass is 336 g/mol. The molecule has 1 amide bonds. The minimum absolute atomic E-state index is 0.0271. The van der Waals surface area contributed by atoms with Crippen LogP contribution in [0.4, 0.5) is 4.39 Å². The standard InChI is InChI=1S/C15H13FN2O4S/c16-10-4-2-1-3-9(10)13-17-11(8-23-13)14(19)18-5-6-22-12(7-18)15(20)21/h1-4,8,12H,5-7H2,(H,20,21). The molecule has 2 heterocycles. The summed E-state index contributed by atoms with van der Waals surface area (Å²) in [5.41, 5.74) is 0.515. The van der Waals surface area contributed by atoms with Crippen LogP contribution in [0.1, 0.15) is 10.5 Å². The molecular weight excluding hydrogens is 323 g/mol. The van der Waals surface area contributed by atoms with Gasteiger partial charge in [0.15, 0.2) is 6.10 Å². The quantitative estimate of drug-likeness (QED) is 0.926. The van der Waals surface area contributed by atoms with Crippen LogP contribution >= 0.6 is 11.3 Å². The molecule has 0 spiro atoms. The Morgan fingerprint density at radius 3 is 2.91 bits per heavy atom. The highest BCUT2D eigenvalue weighted by Gasteiger charge is 2.30. The van der Waals surface area contributed by atoms with Crippen molar-refractivity contribution in [1.82, 2.24) is 9.88 Å². The molecule has 1 atom stereocenters. The zero-order valence-corrected chi connectivity index (χ0v) is 12.8. The van der Waals surface area contributed by atoms with Gasteiger partial charge in [-0.15, -0.1) is 11.3 Å². The highest BCUT2D eigenvalue weighted by atomic mass is 32.1. The van der Waals surface area contributed by atoms with Gasteiger partial charge in [0.1, 0.15) is 16.5 Å². The maximum atomic E-state index is 13.8. The van der Waals surface area contributed by atoms with Gasteiger partial charge >= 0.3 is 5.97 Å². The SMILES string of the molecule is O=C(O)C1CN(C(=O)c2csc(-c3ccccc3F)n2)CCO1. The summed E-state index contributed by atoms with van der Waals surface area (Å²) in [7, 11) is 0. The first-order valence-electron chi connectivity index (χ1n) is 6.90. The molecule has 0 saturated carbocycles. The van der Waals surface area contributed by atoms with Gasteiger partial charge in [0, 0.05) is 17.5 Å². The van der Waals surface area contributed by atoms with E-state index in [0.29, 0.717) is 17.1 Å². The first-order chi connectivity index (χ1) is 11.1. The fourth-order valence-electron chi connectivity index (χ4n) is 2.28. The smallest absolute Gasteiger partial charge is 0.334 e. The Morgan fingerprint density at radius 2 is 2.17 bits per heavy atom. The minimum atomic E-state index is -1.10. The zero-order valence-electron chi connectivity index (χ0n) is 11.9. The van der Waals surface area contributed by atoms with Gasteiger partial charge in [0.25, 0.3) is 5.91 Å². The zero-order chi connectivity index (χ0) is 16.4. The molecule has 1 unspecified atom stereocenters. The second kappa shape index (κ2) is 6.43. The number of benzene rings is 1. The van der Waals surface area contributed by atoms with E-state index in [1.807, 2.05) is 0 Å². The van der Waals surface area contributed by atoms with Crippen molar-refractivity contribution >= 4 is 23.2 Å². The Balaban J connectivity index is 1.79. The molecule has 6 nitrogen and oxygen atoms in total. The van der Waals surface area contributed by atoms with E-state index >= 15 is 0 Å². The number of rotatable bonds is 3. The van der Waals surface area contributed by atoms with Crippen molar-refractivity contribution in [3.05, 3.63) is 41.2 Å². The molecule has 0 aliphatic carbocycles. The molecule has 2 aromatic rings. The van der Waals surface area contributed by atoms with Gasteiger partial charge < -0.3 is 14.7 Å². The third-order valence-electron chi connectivity index (χ3n) is 3.46. The van der Waals surface area contributed by atoms with Crippen LogP contribution in [0.3, 0.4) is 0 Å². The summed E-state index contributed by atoms with van der Waals surface area (Å²) >= 11 is 1.17. The van der Waals surface area contributed by atoms with Crippen molar-refractivity contribution < 1.29 is 23.8 Å². The fourth-order valence-corrected chi connectivity index (χ4v) is 3.10. The minimum Gasteiger partial charge on any atom is -0.479 e. The van der Waals surface area contributed by atoms with Crippen LogP contribution in [-0.2, 0) is 9.53 Å². The molecule has 23 heavy (non-hydrogen) atoms. The molecule has 1 fully saturated rings. The molecule has 1 N–H and O–H groups in total. The average Bonchev–Trinajstić information content (AvgIpc) is 3.04. The van der Waals surface area contributed by atoms with Crippen LogP contribution in [-0.4, -0.2) is 52.7 Å². The molecule has 1 aliphatic heterocycles. The first kappa shape index (κ1) is 15.6. The number of aliphatic carboxylic acids is 1. The molecule has 1 aromatic heterocycles. The summed E-state index contributed by atoms with van der Waals surface area (Å²) in [4.78, 5) is 29.0. The van der Waals surface area contributed by atoms with Crippen molar-refractivity contribution in [2.45, 2.75) is 6.10 Å². The summed E-state index contributed by atoms with van der Waals surface area (Å²) in [5.74, 6) is -1.88. The van der Waals surface area contributed by atoms with Gasteiger partial charge in [-0.3, -0.25) is 4.79 Å². The summed E-state index contributed by atoms with van der Waals surface area (Å²) < 4.78 is 18.9. The fraction of sp³-hybridized carbons (Fsp3) is 0.267. The van der Waals surface area contributed by atoms with Gasteiger partial charge in [-0.25, -0.2) is 14.2 Å². The lowest BCUT2D eigenvalue weighted by Crippen LogP contribution is -2.48. The number of carbonyl (C=O) groups excluding carboxylic acids is 1. The number of carboxylic acid groups (broad SMARTS) is 1. The van der Waals surface area contributed by atoms with Crippen LogP contribution in [0.2, 0.25) is 0 Å². The van der Waals surface area contributed by atoms with E-state index in [-0.39, 0.29) is 24.8 Å². The third kappa shape index (κ3) is 3.22. The lowest BCUT2D eigenvalue weighted by Gasteiger charge is -2.30. The number of morpholine rings is 1.